The molecule has 0 radical (unpaired) electrons. The second kappa shape index (κ2) is 3.07. The highest BCUT2D eigenvalue weighted by atomic mass is 15.3. The molecular formula is C10H18N4. The highest BCUT2D eigenvalue weighted by Gasteiger charge is 2.50. The van der Waals surface area contributed by atoms with Crippen LogP contribution in [0.5, 0.6) is 0 Å². The minimum Gasteiger partial charge on any atom is -0.275 e. The molecule has 1 aromatic rings. The Morgan fingerprint density at radius 1 is 1.71 bits per heavy atom. The van der Waals surface area contributed by atoms with Crippen molar-refractivity contribution < 1.29 is 0 Å². The molecule has 14 heavy (non-hydrogen) atoms. The predicted octanol–water partition coefficient (Wildman–Crippen LogP) is 0.971. The van der Waals surface area contributed by atoms with Crippen LogP contribution in [0.25, 0.3) is 0 Å². The summed E-state index contributed by atoms with van der Waals surface area (Å²) in [7, 11) is 1.93. The number of hydrogen-bond donors (Lipinski definition) is 2. The molecule has 2 atom stereocenters. The summed E-state index contributed by atoms with van der Waals surface area (Å²) >= 11 is 0. The van der Waals surface area contributed by atoms with Gasteiger partial charge in [0.1, 0.15) is 0 Å². The van der Waals surface area contributed by atoms with Crippen LogP contribution in [0.15, 0.2) is 12.4 Å². The van der Waals surface area contributed by atoms with Gasteiger partial charge in [0.25, 0.3) is 0 Å². The molecule has 0 aromatic carbocycles. The Kier molecular flexibility index (Phi) is 2.12. The molecule has 0 bridgehead atoms. The molecule has 1 aliphatic rings. The summed E-state index contributed by atoms with van der Waals surface area (Å²) in [6.07, 6.45) is 5.15. The number of aryl methyl sites for hydroxylation is 1. The number of hydrogen-bond acceptors (Lipinski definition) is 3. The van der Waals surface area contributed by atoms with Crippen molar-refractivity contribution in [2.24, 2.45) is 24.2 Å². The predicted molar refractivity (Wildman–Crippen MR) is 55.2 cm³/mol. The first-order valence-electron chi connectivity index (χ1n) is 4.99. The van der Waals surface area contributed by atoms with E-state index in [4.69, 9.17) is 5.84 Å². The fourth-order valence-electron chi connectivity index (χ4n) is 2.12. The molecule has 0 aliphatic heterocycles. The van der Waals surface area contributed by atoms with E-state index in [1.807, 2.05) is 24.1 Å². The van der Waals surface area contributed by atoms with Crippen molar-refractivity contribution in [2.75, 3.05) is 0 Å². The van der Waals surface area contributed by atoms with Gasteiger partial charge in [0, 0.05) is 18.8 Å². The molecule has 0 saturated heterocycles. The maximum absolute atomic E-state index is 5.59. The Hall–Kier alpha value is -0.870. The van der Waals surface area contributed by atoms with E-state index in [0.29, 0.717) is 11.3 Å². The molecule has 1 aromatic heterocycles. The number of nitrogens with one attached hydrogen (secondary N) is 1. The molecule has 0 amide bonds. The number of aromatic nitrogens is 2. The lowest BCUT2D eigenvalue weighted by Gasteiger charge is -2.15. The summed E-state index contributed by atoms with van der Waals surface area (Å²) in [6.45, 7) is 4.55. The Bertz CT molecular complexity index is 329. The largest absolute Gasteiger partial charge is 0.275 e. The molecule has 2 rings (SSSR count). The van der Waals surface area contributed by atoms with Gasteiger partial charge in [-0.15, -0.1) is 0 Å². The van der Waals surface area contributed by atoms with E-state index in [9.17, 15) is 0 Å². The van der Waals surface area contributed by atoms with Crippen LogP contribution in [0.1, 0.15) is 31.9 Å². The summed E-state index contributed by atoms with van der Waals surface area (Å²) in [4.78, 5) is 0. The van der Waals surface area contributed by atoms with Gasteiger partial charge in [-0.1, -0.05) is 13.8 Å². The van der Waals surface area contributed by atoms with E-state index in [1.54, 1.807) is 0 Å². The molecule has 4 nitrogen and oxygen atoms in total. The average Bonchev–Trinajstić information content (AvgIpc) is 2.56. The molecule has 1 aliphatic carbocycles. The summed E-state index contributed by atoms with van der Waals surface area (Å²) in [5.74, 6) is 6.22. The van der Waals surface area contributed by atoms with Crippen LogP contribution in [-0.4, -0.2) is 9.78 Å². The Morgan fingerprint density at radius 2 is 2.36 bits per heavy atom. The maximum atomic E-state index is 5.59. The molecule has 1 fully saturated rings. The normalized spacial score (nSPS) is 26.1. The number of nitrogens with two attached hydrogens (primary N) is 1. The van der Waals surface area contributed by atoms with Crippen LogP contribution in [0.4, 0.5) is 0 Å². The first-order chi connectivity index (χ1) is 6.54. The van der Waals surface area contributed by atoms with Gasteiger partial charge in [-0.05, 0) is 17.8 Å². The summed E-state index contributed by atoms with van der Waals surface area (Å²) in [5.41, 5.74) is 4.51. The Morgan fingerprint density at radius 3 is 2.71 bits per heavy atom. The summed E-state index contributed by atoms with van der Waals surface area (Å²) < 4.78 is 1.81. The van der Waals surface area contributed by atoms with E-state index in [-0.39, 0.29) is 6.04 Å². The van der Waals surface area contributed by atoms with Crippen LogP contribution in [0, 0.1) is 11.3 Å². The lowest BCUT2D eigenvalue weighted by Crippen LogP contribution is -2.30. The van der Waals surface area contributed by atoms with Crippen molar-refractivity contribution in [3.63, 3.8) is 0 Å². The van der Waals surface area contributed by atoms with Crippen molar-refractivity contribution >= 4 is 0 Å². The van der Waals surface area contributed by atoms with E-state index in [1.165, 1.54) is 12.0 Å². The molecule has 78 valence electrons. The van der Waals surface area contributed by atoms with Gasteiger partial charge >= 0.3 is 0 Å². The third-order valence-electron chi connectivity index (χ3n) is 3.26. The second-order valence-corrected chi connectivity index (χ2v) is 4.89. The highest BCUT2D eigenvalue weighted by molar-refractivity contribution is 5.17. The minimum atomic E-state index is 0.249. The fraction of sp³-hybridized carbons (Fsp3) is 0.700. The standard InChI is InChI=1S/C10H18N4/c1-10(2)4-8(10)9(13-11)7-5-12-14(3)6-7/h5-6,8-9,13H,4,11H2,1-3H3. The van der Waals surface area contributed by atoms with Crippen molar-refractivity contribution in [1.82, 2.24) is 15.2 Å². The van der Waals surface area contributed by atoms with Crippen LogP contribution < -0.4 is 11.3 Å². The van der Waals surface area contributed by atoms with Gasteiger partial charge in [0.2, 0.25) is 0 Å². The topological polar surface area (TPSA) is 55.9 Å². The molecule has 3 N–H and O–H groups in total. The quantitative estimate of drug-likeness (QED) is 0.557. The van der Waals surface area contributed by atoms with Crippen LogP contribution >= 0.6 is 0 Å². The zero-order chi connectivity index (χ0) is 10.3. The zero-order valence-electron chi connectivity index (χ0n) is 8.99. The highest BCUT2D eigenvalue weighted by Crippen LogP contribution is 2.57. The fourth-order valence-corrected chi connectivity index (χ4v) is 2.12. The second-order valence-electron chi connectivity index (χ2n) is 4.89. The van der Waals surface area contributed by atoms with Gasteiger partial charge in [-0.25, -0.2) is 0 Å². The maximum Gasteiger partial charge on any atom is 0.0538 e. The molecule has 4 heteroatoms. The summed E-state index contributed by atoms with van der Waals surface area (Å²) in [6, 6.07) is 0.249. The van der Waals surface area contributed by atoms with Crippen LogP contribution in [0.3, 0.4) is 0 Å². The van der Waals surface area contributed by atoms with Crippen molar-refractivity contribution in [1.29, 1.82) is 0 Å². The molecule has 2 unspecified atom stereocenters. The monoisotopic (exact) mass is 194 g/mol. The average molecular weight is 194 g/mol. The first-order valence-corrected chi connectivity index (χ1v) is 4.99. The Balaban J connectivity index is 2.15. The third kappa shape index (κ3) is 1.55. The smallest absolute Gasteiger partial charge is 0.0538 e. The van der Waals surface area contributed by atoms with Crippen molar-refractivity contribution in [3.05, 3.63) is 18.0 Å². The van der Waals surface area contributed by atoms with Crippen molar-refractivity contribution in [3.8, 4) is 0 Å². The van der Waals surface area contributed by atoms with E-state index < -0.39 is 0 Å². The van der Waals surface area contributed by atoms with Gasteiger partial charge in [-0.2, -0.15) is 5.10 Å². The lowest BCUT2D eigenvalue weighted by molar-refractivity contribution is 0.423. The number of nitrogens with zero attached hydrogens (tertiary/aromatic N) is 2. The molecule has 1 heterocycles. The van der Waals surface area contributed by atoms with E-state index >= 15 is 0 Å². The number of rotatable bonds is 3. The van der Waals surface area contributed by atoms with Gasteiger partial charge in [-0.3, -0.25) is 16.0 Å². The van der Waals surface area contributed by atoms with Crippen LogP contribution in [-0.2, 0) is 7.05 Å². The third-order valence-corrected chi connectivity index (χ3v) is 3.26. The van der Waals surface area contributed by atoms with E-state index in [2.05, 4.69) is 24.4 Å². The minimum absolute atomic E-state index is 0.249. The SMILES string of the molecule is Cn1cc(C(NN)C2CC2(C)C)cn1. The molecule has 0 spiro atoms. The molecule has 1 saturated carbocycles. The summed E-state index contributed by atoms with van der Waals surface area (Å²) in [5, 5.41) is 4.16. The first kappa shape index (κ1) is 9.68. The van der Waals surface area contributed by atoms with Crippen LogP contribution in [0.2, 0.25) is 0 Å². The lowest BCUT2D eigenvalue weighted by atomic mass is 10.0. The van der Waals surface area contributed by atoms with E-state index in [0.717, 1.165) is 0 Å². The number of hydrazine groups is 1. The Labute approximate surface area is 84.4 Å². The van der Waals surface area contributed by atoms with Crippen molar-refractivity contribution in [2.45, 2.75) is 26.3 Å². The van der Waals surface area contributed by atoms with Gasteiger partial charge in [0.05, 0.1) is 12.2 Å². The van der Waals surface area contributed by atoms with Gasteiger partial charge < -0.3 is 0 Å². The van der Waals surface area contributed by atoms with Gasteiger partial charge in [0.15, 0.2) is 0 Å². The zero-order valence-corrected chi connectivity index (χ0v) is 8.99. The molecular weight excluding hydrogens is 176 g/mol.